The Morgan fingerprint density at radius 2 is 2.26 bits per heavy atom. The van der Waals surface area contributed by atoms with Crippen molar-refractivity contribution in [3.63, 3.8) is 0 Å². The normalized spacial score (nSPS) is 18.1. The van der Waals surface area contributed by atoms with Gasteiger partial charge in [0.25, 0.3) is 0 Å². The molecule has 1 aliphatic heterocycles. The SMILES string of the molecule is COc1ccccc1Cc1ncc2n1C(N)CCC2. The molecule has 100 valence electrons. The Labute approximate surface area is 113 Å². The number of aryl methyl sites for hydroxylation is 1. The van der Waals surface area contributed by atoms with E-state index in [0.29, 0.717) is 0 Å². The van der Waals surface area contributed by atoms with Gasteiger partial charge in [-0.2, -0.15) is 0 Å². The van der Waals surface area contributed by atoms with Gasteiger partial charge in [-0.15, -0.1) is 0 Å². The minimum atomic E-state index is 0.0657. The largest absolute Gasteiger partial charge is 0.496 e. The zero-order valence-electron chi connectivity index (χ0n) is 11.2. The molecule has 0 spiro atoms. The Kier molecular flexibility index (Phi) is 3.25. The maximum atomic E-state index is 6.21. The van der Waals surface area contributed by atoms with Gasteiger partial charge in [0, 0.05) is 23.9 Å². The highest BCUT2D eigenvalue weighted by Gasteiger charge is 2.20. The molecule has 1 aromatic heterocycles. The van der Waals surface area contributed by atoms with Crippen LogP contribution in [-0.4, -0.2) is 16.7 Å². The topological polar surface area (TPSA) is 53.1 Å². The van der Waals surface area contributed by atoms with Crippen molar-refractivity contribution in [1.29, 1.82) is 0 Å². The average Bonchev–Trinajstić information content (AvgIpc) is 2.84. The summed E-state index contributed by atoms with van der Waals surface area (Å²) in [5.74, 6) is 1.94. The van der Waals surface area contributed by atoms with Crippen LogP contribution in [-0.2, 0) is 12.8 Å². The van der Waals surface area contributed by atoms with Crippen LogP contribution < -0.4 is 10.5 Å². The quantitative estimate of drug-likeness (QED) is 0.917. The first-order valence-electron chi connectivity index (χ1n) is 6.72. The molecule has 0 bridgehead atoms. The van der Waals surface area contributed by atoms with Crippen LogP contribution in [0.3, 0.4) is 0 Å². The molecule has 2 aromatic rings. The maximum absolute atomic E-state index is 6.21. The predicted octanol–water partition coefficient (Wildman–Crippen LogP) is 2.28. The van der Waals surface area contributed by atoms with Crippen LogP contribution in [0.25, 0.3) is 0 Å². The fourth-order valence-corrected chi connectivity index (χ4v) is 2.80. The van der Waals surface area contributed by atoms with E-state index >= 15 is 0 Å². The van der Waals surface area contributed by atoms with E-state index in [4.69, 9.17) is 10.5 Å². The smallest absolute Gasteiger partial charge is 0.122 e. The summed E-state index contributed by atoms with van der Waals surface area (Å²) >= 11 is 0. The van der Waals surface area contributed by atoms with E-state index in [1.54, 1.807) is 7.11 Å². The van der Waals surface area contributed by atoms with Crippen LogP contribution in [0.4, 0.5) is 0 Å². The summed E-state index contributed by atoms with van der Waals surface area (Å²) in [6, 6.07) is 8.07. The number of methoxy groups -OCH3 is 1. The molecule has 4 heteroatoms. The van der Waals surface area contributed by atoms with Crippen molar-refractivity contribution in [2.45, 2.75) is 31.8 Å². The lowest BCUT2D eigenvalue weighted by Gasteiger charge is -2.24. The van der Waals surface area contributed by atoms with Crippen molar-refractivity contribution >= 4 is 0 Å². The summed E-state index contributed by atoms with van der Waals surface area (Å²) in [6.45, 7) is 0. The molecular weight excluding hydrogens is 238 g/mol. The lowest BCUT2D eigenvalue weighted by atomic mass is 10.1. The first-order valence-corrected chi connectivity index (χ1v) is 6.72. The van der Waals surface area contributed by atoms with Gasteiger partial charge in [0.15, 0.2) is 0 Å². The van der Waals surface area contributed by atoms with Gasteiger partial charge in [0.1, 0.15) is 11.6 Å². The van der Waals surface area contributed by atoms with Crippen LogP contribution in [0.15, 0.2) is 30.5 Å². The number of imidazole rings is 1. The summed E-state index contributed by atoms with van der Waals surface area (Å²) in [6.07, 6.45) is 6.05. The maximum Gasteiger partial charge on any atom is 0.122 e. The summed E-state index contributed by atoms with van der Waals surface area (Å²) in [5.41, 5.74) is 8.61. The third kappa shape index (κ3) is 2.24. The molecule has 0 radical (unpaired) electrons. The van der Waals surface area contributed by atoms with Crippen LogP contribution in [0.5, 0.6) is 5.75 Å². The predicted molar refractivity (Wildman–Crippen MR) is 74.2 cm³/mol. The number of benzene rings is 1. The zero-order valence-corrected chi connectivity index (χ0v) is 11.2. The molecule has 19 heavy (non-hydrogen) atoms. The third-order valence-corrected chi connectivity index (χ3v) is 3.76. The first kappa shape index (κ1) is 12.2. The number of fused-ring (bicyclic) bond motifs is 1. The number of nitrogens with two attached hydrogens (primary N) is 1. The molecule has 3 rings (SSSR count). The Morgan fingerprint density at radius 3 is 3.11 bits per heavy atom. The molecule has 0 fully saturated rings. The molecule has 0 saturated carbocycles. The van der Waals surface area contributed by atoms with Crippen LogP contribution in [0.2, 0.25) is 0 Å². The van der Waals surface area contributed by atoms with Crippen molar-refractivity contribution in [3.05, 3.63) is 47.5 Å². The Bertz CT molecular complexity index is 577. The summed E-state index contributed by atoms with van der Waals surface area (Å²) < 4.78 is 7.59. The number of ether oxygens (including phenoxy) is 1. The van der Waals surface area contributed by atoms with Crippen molar-refractivity contribution in [2.24, 2.45) is 5.73 Å². The molecule has 2 N–H and O–H groups in total. The van der Waals surface area contributed by atoms with Gasteiger partial charge in [0.2, 0.25) is 0 Å². The second-order valence-electron chi connectivity index (χ2n) is 4.98. The van der Waals surface area contributed by atoms with E-state index in [-0.39, 0.29) is 6.17 Å². The summed E-state index contributed by atoms with van der Waals surface area (Å²) in [7, 11) is 1.70. The third-order valence-electron chi connectivity index (χ3n) is 3.76. The van der Waals surface area contributed by atoms with E-state index in [9.17, 15) is 0 Å². The van der Waals surface area contributed by atoms with E-state index in [1.165, 1.54) is 5.69 Å². The van der Waals surface area contributed by atoms with Gasteiger partial charge in [-0.25, -0.2) is 4.98 Å². The van der Waals surface area contributed by atoms with Gasteiger partial charge in [-0.3, -0.25) is 0 Å². The van der Waals surface area contributed by atoms with Crippen molar-refractivity contribution in [3.8, 4) is 5.75 Å². The molecule has 1 unspecified atom stereocenters. The van der Waals surface area contributed by atoms with Crippen LogP contribution >= 0.6 is 0 Å². The van der Waals surface area contributed by atoms with Crippen LogP contribution in [0.1, 0.15) is 36.1 Å². The van der Waals surface area contributed by atoms with Crippen molar-refractivity contribution in [1.82, 2.24) is 9.55 Å². The van der Waals surface area contributed by atoms with E-state index < -0.39 is 0 Å². The second-order valence-corrected chi connectivity index (χ2v) is 4.98. The number of aromatic nitrogens is 2. The van der Waals surface area contributed by atoms with Gasteiger partial charge in [-0.05, 0) is 25.3 Å². The Morgan fingerprint density at radius 1 is 1.42 bits per heavy atom. The fraction of sp³-hybridized carbons (Fsp3) is 0.400. The number of nitrogens with zero attached hydrogens (tertiary/aromatic N) is 2. The lowest BCUT2D eigenvalue weighted by molar-refractivity contribution is 0.398. The molecule has 0 saturated heterocycles. The zero-order chi connectivity index (χ0) is 13.2. The minimum absolute atomic E-state index is 0.0657. The first-order chi connectivity index (χ1) is 9.29. The summed E-state index contributed by atoms with van der Waals surface area (Å²) in [5, 5.41) is 0. The molecule has 0 aliphatic carbocycles. The highest BCUT2D eigenvalue weighted by atomic mass is 16.5. The van der Waals surface area contributed by atoms with E-state index in [1.807, 2.05) is 24.4 Å². The number of rotatable bonds is 3. The highest BCUT2D eigenvalue weighted by molar-refractivity contribution is 5.35. The highest BCUT2D eigenvalue weighted by Crippen LogP contribution is 2.26. The van der Waals surface area contributed by atoms with Crippen molar-refractivity contribution < 1.29 is 4.74 Å². The number of hydrogen-bond acceptors (Lipinski definition) is 3. The molecule has 0 amide bonds. The van der Waals surface area contributed by atoms with Gasteiger partial charge in [0.05, 0.1) is 13.3 Å². The summed E-state index contributed by atoms with van der Waals surface area (Å²) in [4.78, 5) is 4.55. The van der Waals surface area contributed by atoms with E-state index in [0.717, 1.165) is 42.8 Å². The van der Waals surface area contributed by atoms with Gasteiger partial charge >= 0.3 is 0 Å². The fourth-order valence-electron chi connectivity index (χ4n) is 2.80. The van der Waals surface area contributed by atoms with Gasteiger partial charge in [-0.1, -0.05) is 18.2 Å². The number of para-hydroxylation sites is 1. The lowest BCUT2D eigenvalue weighted by Crippen LogP contribution is -2.26. The average molecular weight is 257 g/mol. The monoisotopic (exact) mass is 257 g/mol. The van der Waals surface area contributed by atoms with Crippen molar-refractivity contribution in [2.75, 3.05) is 7.11 Å². The molecule has 2 heterocycles. The molecule has 1 aliphatic rings. The second kappa shape index (κ2) is 5.05. The van der Waals surface area contributed by atoms with E-state index in [2.05, 4.69) is 15.6 Å². The standard InChI is InChI=1S/C15H19N3O/c1-19-13-7-3-2-5-11(13)9-15-17-10-12-6-4-8-14(16)18(12)15/h2-3,5,7,10,14H,4,6,8-9,16H2,1H3. The Balaban J connectivity index is 1.94. The molecule has 1 aromatic carbocycles. The number of hydrogen-bond donors (Lipinski definition) is 1. The molecule has 1 atom stereocenters. The minimum Gasteiger partial charge on any atom is -0.496 e. The van der Waals surface area contributed by atoms with Gasteiger partial charge < -0.3 is 15.0 Å². The molecule has 4 nitrogen and oxygen atoms in total. The Hall–Kier alpha value is -1.81. The van der Waals surface area contributed by atoms with Crippen LogP contribution in [0, 0.1) is 0 Å². The molecular formula is C15H19N3O.